The molecule has 0 saturated carbocycles. The Morgan fingerprint density at radius 2 is 1.69 bits per heavy atom. The molecular formula is C37H43N3O5. The van der Waals surface area contributed by atoms with E-state index >= 15 is 0 Å². The van der Waals surface area contributed by atoms with Crippen LogP contribution in [0.2, 0.25) is 0 Å². The molecule has 1 saturated heterocycles. The van der Waals surface area contributed by atoms with Gasteiger partial charge in [0.2, 0.25) is 0 Å². The summed E-state index contributed by atoms with van der Waals surface area (Å²) in [4.78, 5) is 30.5. The second-order valence-corrected chi connectivity index (χ2v) is 11.5. The lowest BCUT2D eigenvalue weighted by Crippen LogP contribution is -2.36. The van der Waals surface area contributed by atoms with Gasteiger partial charge in [0.15, 0.2) is 5.79 Å². The lowest BCUT2D eigenvalue weighted by Gasteiger charge is -2.30. The molecule has 1 aliphatic carbocycles. The average Bonchev–Trinajstić information content (AvgIpc) is 3.58. The minimum Gasteiger partial charge on any atom is -0.367 e. The second-order valence-electron chi connectivity index (χ2n) is 11.5. The van der Waals surface area contributed by atoms with Crippen LogP contribution in [0.25, 0.3) is 11.1 Å². The van der Waals surface area contributed by atoms with Crippen LogP contribution in [-0.2, 0) is 27.4 Å². The molecule has 0 spiro atoms. The molecular weight excluding hydrogens is 566 g/mol. The van der Waals surface area contributed by atoms with Gasteiger partial charge in [-0.1, -0.05) is 66.7 Å². The number of likely N-dealkylation sites (tertiary alicyclic amines) is 1. The normalized spacial score (nSPS) is 18.0. The van der Waals surface area contributed by atoms with Gasteiger partial charge in [0.1, 0.15) is 6.61 Å². The van der Waals surface area contributed by atoms with Gasteiger partial charge in [-0.05, 0) is 85.5 Å². The van der Waals surface area contributed by atoms with Gasteiger partial charge in [0.05, 0.1) is 13.2 Å². The van der Waals surface area contributed by atoms with E-state index in [1.165, 1.54) is 12.8 Å². The predicted octanol–water partition coefficient (Wildman–Crippen LogP) is 5.29. The van der Waals surface area contributed by atoms with Gasteiger partial charge >= 0.3 is 0 Å². The molecule has 2 amide bonds. The molecule has 1 aliphatic heterocycles. The van der Waals surface area contributed by atoms with Crippen molar-refractivity contribution in [3.05, 3.63) is 119 Å². The quantitative estimate of drug-likeness (QED) is 0.241. The number of rotatable bonds is 14. The molecule has 1 unspecified atom stereocenters. The smallest absolute Gasteiger partial charge is 0.253 e. The van der Waals surface area contributed by atoms with Gasteiger partial charge in [-0.3, -0.25) is 9.59 Å². The molecule has 8 nitrogen and oxygen atoms in total. The second kappa shape index (κ2) is 15.8. The highest BCUT2D eigenvalue weighted by Gasteiger charge is 2.28. The fourth-order valence-electron chi connectivity index (χ4n) is 5.70. The average molecular weight is 610 g/mol. The van der Waals surface area contributed by atoms with Crippen molar-refractivity contribution in [3.8, 4) is 11.1 Å². The molecule has 1 atom stereocenters. The third-order valence-electron chi connectivity index (χ3n) is 8.10. The van der Waals surface area contributed by atoms with E-state index in [-0.39, 0.29) is 24.8 Å². The molecule has 1 fully saturated rings. The Morgan fingerprint density at radius 1 is 0.956 bits per heavy atom. The van der Waals surface area contributed by atoms with E-state index in [9.17, 15) is 14.7 Å². The summed E-state index contributed by atoms with van der Waals surface area (Å²) in [5, 5.41) is 13.7. The van der Waals surface area contributed by atoms with Gasteiger partial charge in [-0.15, -0.1) is 0 Å². The van der Waals surface area contributed by atoms with Crippen molar-refractivity contribution in [3.63, 3.8) is 0 Å². The molecule has 5 rings (SSSR count). The van der Waals surface area contributed by atoms with Crippen molar-refractivity contribution in [2.24, 2.45) is 0 Å². The van der Waals surface area contributed by atoms with E-state index in [1.54, 1.807) is 17.1 Å². The maximum Gasteiger partial charge on any atom is 0.253 e. The standard InChI is InChI=1S/C37H43N3O5/c1-2-45-37(43)18-16-34(17-19-37)40(35(41)28-44-27-29-10-4-3-5-11-29)26-30-12-8-13-31(24-30)32-14-9-15-33(25-32)36(42)38-20-23-39-21-6-7-22-39/h3-5,8-18,24-25,43H,2,6-7,19-23,26-28H2,1H3,(H,38,42). The Labute approximate surface area is 266 Å². The maximum absolute atomic E-state index is 13.6. The fraction of sp³-hybridized carbons (Fsp3) is 0.351. The minimum absolute atomic E-state index is 0.0810. The van der Waals surface area contributed by atoms with Gasteiger partial charge in [0.25, 0.3) is 11.8 Å². The molecule has 1 heterocycles. The Kier molecular flexibility index (Phi) is 11.3. The molecule has 0 radical (unpaired) electrons. The maximum atomic E-state index is 13.6. The van der Waals surface area contributed by atoms with Gasteiger partial charge < -0.3 is 29.7 Å². The summed E-state index contributed by atoms with van der Waals surface area (Å²) in [7, 11) is 0. The fourth-order valence-corrected chi connectivity index (χ4v) is 5.70. The van der Waals surface area contributed by atoms with Crippen LogP contribution < -0.4 is 5.32 Å². The number of allylic oxidation sites excluding steroid dienone is 1. The molecule has 0 bridgehead atoms. The van der Waals surface area contributed by atoms with Gasteiger partial charge in [-0.25, -0.2) is 0 Å². The monoisotopic (exact) mass is 609 g/mol. The van der Waals surface area contributed by atoms with E-state index in [0.717, 1.165) is 41.9 Å². The first-order valence-corrected chi connectivity index (χ1v) is 15.8. The third kappa shape index (κ3) is 9.22. The number of aliphatic hydroxyl groups is 1. The summed E-state index contributed by atoms with van der Waals surface area (Å²) in [5.41, 5.74) is 5.07. The topological polar surface area (TPSA) is 91.3 Å². The first kappa shape index (κ1) is 32.3. The predicted molar refractivity (Wildman–Crippen MR) is 175 cm³/mol. The molecule has 3 aromatic rings. The van der Waals surface area contributed by atoms with Crippen molar-refractivity contribution < 1.29 is 24.2 Å². The van der Waals surface area contributed by atoms with E-state index in [2.05, 4.69) is 10.2 Å². The first-order chi connectivity index (χ1) is 21.9. The van der Waals surface area contributed by atoms with Crippen molar-refractivity contribution in [1.82, 2.24) is 15.1 Å². The lowest BCUT2D eigenvalue weighted by molar-refractivity contribution is -0.161. The van der Waals surface area contributed by atoms with Crippen LogP contribution in [0.4, 0.5) is 0 Å². The number of hydrogen-bond acceptors (Lipinski definition) is 6. The number of hydrogen-bond donors (Lipinski definition) is 2. The summed E-state index contributed by atoms with van der Waals surface area (Å²) in [6.07, 6.45) is 7.83. The Bertz CT molecular complexity index is 1500. The van der Waals surface area contributed by atoms with Gasteiger partial charge in [0, 0.05) is 37.4 Å². The zero-order valence-corrected chi connectivity index (χ0v) is 26.0. The van der Waals surface area contributed by atoms with Crippen molar-refractivity contribution in [1.29, 1.82) is 0 Å². The summed E-state index contributed by atoms with van der Waals surface area (Å²) < 4.78 is 11.3. The Balaban J connectivity index is 1.28. The highest BCUT2D eigenvalue weighted by atomic mass is 16.6. The SMILES string of the molecule is CCOC1(O)C=CC(N(Cc2cccc(-c3cccc(C(=O)NCCN4CCCC4)c3)c2)C(=O)COCc2ccccc2)=CC1. The molecule has 236 valence electrons. The number of ether oxygens (including phenoxy) is 2. The van der Waals surface area contributed by atoms with Crippen molar-refractivity contribution >= 4 is 11.8 Å². The van der Waals surface area contributed by atoms with Crippen LogP contribution in [0.5, 0.6) is 0 Å². The van der Waals surface area contributed by atoms with Crippen molar-refractivity contribution in [2.45, 2.75) is 45.1 Å². The number of amides is 2. The Hall–Kier alpha value is -4.08. The van der Waals surface area contributed by atoms with Crippen LogP contribution in [-0.4, -0.2) is 71.9 Å². The summed E-state index contributed by atoms with van der Waals surface area (Å²) >= 11 is 0. The number of carbonyl (C=O) groups excluding carboxylic acids is 2. The van der Waals surface area contributed by atoms with Gasteiger partial charge in [-0.2, -0.15) is 0 Å². The Morgan fingerprint density at radius 3 is 2.42 bits per heavy atom. The molecule has 8 heteroatoms. The third-order valence-corrected chi connectivity index (χ3v) is 8.10. The minimum atomic E-state index is -1.39. The molecule has 0 aromatic heterocycles. The number of carbonyl (C=O) groups is 2. The van der Waals surface area contributed by atoms with Crippen LogP contribution in [0.15, 0.2) is 103 Å². The summed E-state index contributed by atoms with van der Waals surface area (Å²) in [5.74, 6) is -1.66. The van der Waals surface area contributed by atoms with Crippen LogP contribution in [0.3, 0.4) is 0 Å². The molecule has 2 N–H and O–H groups in total. The van der Waals surface area contributed by atoms with E-state index in [4.69, 9.17) is 9.47 Å². The van der Waals surface area contributed by atoms with Crippen LogP contribution in [0, 0.1) is 0 Å². The summed E-state index contributed by atoms with van der Waals surface area (Å²) in [6, 6.07) is 25.4. The molecule has 3 aromatic carbocycles. The van der Waals surface area contributed by atoms with Crippen LogP contribution >= 0.6 is 0 Å². The lowest BCUT2D eigenvalue weighted by atomic mass is 10.00. The first-order valence-electron chi connectivity index (χ1n) is 15.8. The van der Waals surface area contributed by atoms with E-state index in [1.807, 2.05) is 91.9 Å². The van der Waals surface area contributed by atoms with Crippen molar-refractivity contribution in [2.75, 3.05) is 39.4 Å². The zero-order chi connectivity index (χ0) is 31.5. The van der Waals surface area contributed by atoms with E-state index < -0.39 is 5.79 Å². The van der Waals surface area contributed by atoms with Crippen LogP contribution in [0.1, 0.15) is 47.7 Å². The summed E-state index contributed by atoms with van der Waals surface area (Å²) in [6.45, 7) is 6.45. The number of benzene rings is 3. The number of nitrogens with one attached hydrogen (secondary N) is 1. The highest BCUT2D eigenvalue weighted by molar-refractivity contribution is 5.95. The number of nitrogens with zero attached hydrogens (tertiary/aromatic N) is 2. The largest absolute Gasteiger partial charge is 0.367 e. The molecule has 45 heavy (non-hydrogen) atoms. The van der Waals surface area contributed by atoms with E-state index in [0.29, 0.717) is 37.6 Å². The molecule has 2 aliphatic rings. The zero-order valence-electron chi connectivity index (χ0n) is 26.0. The highest BCUT2D eigenvalue weighted by Crippen LogP contribution is 2.27.